The van der Waals surface area contributed by atoms with Gasteiger partial charge in [-0.2, -0.15) is 0 Å². The minimum Gasteiger partial charge on any atom is -0.355 e. The van der Waals surface area contributed by atoms with E-state index in [1.807, 2.05) is 0 Å². The van der Waals surface area contributed by atoms with Crippen molar-refractivity contribution in [2.45, 2.75) is 59.8 Å². The van der Waals surface area contributed by atoms with Crippen molar-refractivity contribution < 1.29 is 0 Å². The molecule has 2 aliphatic heterocycles. The van der Waals surface area contributed by atoms with Crippen LogP contribution in [0.4, 0.5) is 0 Å². The molecule has 3 aromatic heterocycles. The largest absolute Gasteiger partial charge is 0.355 e. The molecule has 4 nitrogen and oxygen atoms in total. The molecule has 0 amide bonds. The van der Waals surface area contributed by atoms with Crippen molar-refractivity contribution in [3.05, 3.63) is 69.3 Å². The molecule has 0 spiro atoms. The Hall–Kier alpha value is -3.40. The topological polar surface area (TPSA) is 57.4 Å². The summed E-state index contributed by atoms with van der Waals surface area (Å²) in [4.78, 5) is 17.4. The van der Waals surface area contributed by atoms with E-state index in [2.05, 4.69) is 107 Å². The minimum atomic E-state index is -0.0739. The second kappa shape index (κ2) is 7.58. The average molecular weight is 437 g/mol. The number of nitrogens with one attached hydrogen (secondary N) is 2. The van der Waals surface area contributed by atoms with Gasteiger partial charge in [0.1, 0.15) is 0 Å². The average Bonchev–Trinajstić information content (AvgIpc) is 3.53. The Bertz CT molecular complexity index is 1480. The molecule has 0 radical (unpaired) electrons. The Labute approximate surface area is 195 Å². The molecule has 5 heterocycles. The zero-order chi connectivity index (χ0) is 23.5. The maximum Gasteiger partial charge on any atom is 0.0695 e. The van der Waals surface area contributed by atoms with Crippen LogP contribution in [0.5, 0.6) is 0 Å². The molecule has 168 valence electrons. The molecule has 2 aliphatic rings. The molecule has 4 heteroatoms. The second-order valence-electron chi connectivity index (χ2n) is 10.4. The van der Waals surface area contributed by atoms with Gasteiger partial charge in [-0.15, -0.1) is 0 Å². The quantitative estimate of drug-likeness (QED) is 0.283. The molecule has 3 aromatic rings. The number of aromatic nitrogens is 4. The summed E-state index contributed by atoms with van der Waals surface area (Å²) in [6.07, 6.45) is 8.46. The van der Waals surface area contributed by atoms with Gasteiger partial charge in [0, 0.05) is 38.8 Å². The zero-order valence-corrected chi connectivity index (χ0v) is 20.6. The molecule has 0 aromatic carbocycles. The van der Waals surface area contributed by atoms with Crippen LogP contribution in [0.25, 0.3) is 46.4 Å². The monoisotopic (exact) mass is 436 g/mol. The van der Waals surface area contributed by atoms with Crippen molar-refractivity contribution >= 4 is 46.4 Å². The highest BCUT2D eigenvalue weighted by Crippen LogP contribution is 2.33. The van der Waals surface area contributed by atoms with E-state index < -0.39 is 0 Å². The van der Waals surface area contributed by atoms with E-state index in [1.165, 1.54) is 11.1 Å². The maximum absolute atomic E-state index is 5.07. The highest BCUT2D eigenvalue weighted by Gasteiger charge is 2.22. The van der Waals surface area contributed by atoms with Crippen molar-refractivity contribution in [1.29, 1.82) is 0 Å². The highest BCUT2D eigenvalue weighted by molar-refractivity contribution is 5.83. The first-order valence-corrected chi connectivity index (χ1v) is 11.7. The highest BCUT2D eigenvalue weighted by atomic mass is 14.8. The lowest BCUT2D eigenvalue weighted by molar-refractivity contribution is 0.591. The summed E-state index contributed by atoms with van der Waals surface area (Å²) < 4.78 is 0. The number of rotatable bonds is 1. The predicted octanol–water partition coefficient (Wildman–Crippen LogP) is 7.69. The van der Waals surface area contributed by atoms with Gasteiger partial charge in [-0.1, -0.05) is 34.6 Å². The van der Waals surface area contributed by atoms with Gasteiger partial charge in [0.05, 0.1) is 22.8 Å². The molecular formula is C29H32N4. The predicted molar refractivity (Wildman–Crippen MR) is 141 cm³/mol. The number of hydrogen-bond donors (Lipinski definition) is 2. The third kappa shape index (κ3) is 3.64. The zero-order valence-electron chi connectivity index (χ0n) is 20.6. The van der Waals surface area contributed by atoms with Crippen LogP contribution in [0.15, 0.2) is 24.3 Å². The normalized spacial score (nSPS) is 13.3. The van der Waals surface area contributed by atoms with Crippen molar-refractivity contribution in [1.82, 2.24) is 19.9 Å². The number of aromatic amines is 2. The number of nitrogens with zero attached hydrogens (tertiary/aromatic N) is 2. The van der Waals surface area contributed by atoms with Crippen LogP contribution in [0.2, 0.25) is 0 Å². The number of H-pyrrole nitrogens is 2. The summed E-state index contributed by atoms with van der Waals surface area (Å²) in [6, 6.07) is 8.76. The van der Waals surface area contributed by atoms with Gasteiger partial charge in [-0.25, -0.2) is 9.97 Å². The molecule has 0 aliphatic carbocycles. The van der Waals surface area contributed by atoms with Crippen LogP contribution in [0, 0.1) is 13.8 Å². The third-order valence-corrected chi connectivity index (χ3v) is 6.64. The fourth-order valence-corrected chi connectivity index (χ4v) is 4.92. The van der Waals surface area contributed by atoms with Gasteiger partial charge in [0.25, 0.3) is 0 Å². The molecule has 5 rings (SSSR count). The Morgan fingerprint density at radius 3 is 1.67 bits per heavy atom. The van der Waals surface area contributed by atoms with Gasteiger partial charge in [-0.05, 0) is 79.3 Å². The Morgan fingerprint density at radius 1 is 0.636 bits per heavy atom. The van der Waals surface area contributed by atoms with E-state index in [1.54, 1.807) is 0 Å². The summed E-state index contributed by atoms with van der Waals surface area (Å²) in [5.74, 6) is 0.352. The second-order valence-corrected chi connectivity index (χ2v) is 10.4. The SMILES string of the molecule is Cc1c2nc(c(C)c3ccc([nH]3)c(C(C)C)c3ccc([nH]3)c(C(C)(C)C)c3nc1C=C3)C=C2. The first-order valence-electron chi connectivity index (χ1n) is 11.7. The van der Waals surface area contributed by atoms with E-state index in [-0.39, 0.29) is 5.41 Å². The molecule has 0 unspecified atom stereocenters. The van der Waals surface area contributed by atoms with Gasteiger partial charge in [0.2, 0.25) is 0 Å². The van der Waals surface area contributed by atoms with Crippen molar-refractivity contribution in [3.8, 4) is 0 Å². The lowest BCUT2D eigenvalue weighted by atomic mass is 9.85. The molecule has 0 saturated heterocycles. The van der Waals surface area contributed by atoms with Crippen LogP contribution in [0.3, 0.4) is 0 Å². The van der Waals surface area contributed by atoms with E-state index in [4.69, 9.17) is 9.97 Å². The molecule has 0 atom stereocenters. The van der Waals surface area contributed by atoms with Crippen molar-refractivity contribution in [3.63, 3.8) is 0 Å². The van der Waals surface area contributed by atoms with Crippen molar-refractivity contribution in [2.24, 2.45) is 0 Å². The fourth-order valence-electron chi connectivity index (χ4n) is 4.92. The van der Waals surface area contributed by atoms with E-state index in [0.29, 0.717) is 5.92 Å². The van der Waals surface area contributed by atoms with E-state index in [9.17, 15) is 0 Å². The van der Waals surface area contributed by atoms with Gasteiger partial charge < -0.3 is 9.97 Å². The fraction of sp³-hybridized carbons (Fsp3) is 0.310. The van der Waals surface area contributed by atoms with E-state index in [0.717, 1.165) is 56.0 Å². The number of fused-ring (bicyclic) bond motifs is 8. The molecular weight excluding hydrogens is 404 g/mol. The molecule has 2 N–H and O–H groups in total. The van der Waals surface area contributed by atoms with Gasteiger partial charge in [0.15, 0.2) is 0 Å². The summed E-state index contributed by atoms with van der Waals surface area (Å²) in [7, 11) is 0. The smallest absolute Gasteiger partial charge is 0.0695 e. The summed E-state index contributed by atoms with van der Waals surface area (Å²) in [5.41, 5.74) is 13.1. The minimum absolute atomic E-state index is 0.0739. The summed E-state index contributed by atoms with van der Waals surface area (Å²) in [5, 5.41) is 0. The van der Waals surface area contributed by atoms with E-state index >= 15 is 0 Å². The van der Waals surface area contributed by atoms with Crippen molar-refractivity contribution in [2.75, 3.05) is 0 Å². The van der Waals surface area contributed by atoms with Gasteiger partial charge >= 0.3 is 0 Å². The Morgan fingerprint density at radius 2 is 1.09 bits per heavy atom. The molecule has 8 bridgehead atoms. The van der Waals surface area contributed by atoms with Crippen LogP contribution in [0.1, 0.15) is 85.6 Å². The van der Waals surface area contributed by atoms with Crippen LogP contribution < -0.4 is 0 Å². The first kappa shape index (κ1) is 21.4. The summed E-state index contributed by atoms with van der Waals surface area (Å²) in [6.45, 7) is 15.5. The molecule has 0 fully saturated rings. The molecule has 0 saturated carbocycles. The van der Waals surface area contributed by atoms with Gasteiger partial charge in [-0.3, -0.25) is 0 Å². The number of hydrogen-bond acceptors (Lipinski definition) is 2. The lowest BCUT2D eigenvalue weighted by Crippen LogP contribution is -2.13. The molecule has 33 heavy (non-hydrogen) atoms. The third-order valence-electron chi connectivity index (χ3n) is 6.64. The van der Waals surface area contributed by atoms with Crippen LogP contribution in [-0.2, 0) is 5.41 Å². The lowest BCUT2D eigenvalue weighted by Gasteiger charge is -2.20. The number of aryl methyl sites for hydroxylation is 1. The first-order chi connectivity index (χ1) is 15.6. The Balaban J connectivity index is 2.01. The Kier molecular flexibility index (Phi) is 4.93. The standard InChI is InChI=1S/C29H32N4/c1-16(2)27-23-12-10-21(31-23)17(3)19-8-9-20(30-19)18(4)22-11-14-25(32-22)28(29(5,6)7)26-15-13-24(27)33-26/h8-16,31,33H,1-7H3. The van der Waals surface area contributed by atoms with Crippen LogP contribution in [-0.4, -0.2) is 19.9 Å². The summed E-state index contributed by atoms with van der Waals surface area (Å²) >= 11 is 0. The van der Waals surface area contributed by atoms with Crippen LogP contribution >= 0.6 is 0 Å². The maximum atomic E-state index is 5.07.